The predicted octanol–water partition coefficient (Wildman–Crippen LogP) is 15.7. The fourth-order valence-corrected chi connectivity index (χ4v) is 20.0. The lowest BCUT2D eigenvalue weighted by Gasteiger charge is -2.37. The van der Waals surface area contributed by atoms with Crippen LogP contribution < -0.4 is 42.0 Å². The van der Waals surface area contributed by atoms with Crippen LogP contribution in [0, 0.1) is 16.7 Å². The molecule has 4 unspecified atom stereocenters. The lowest BCUT2D eigenvalue weighted by Crippen LogP contribution is -2.38. The third kappa shape index (κ3) is 22.6. The highest BCUT2D eigenvalue weighted by atomic mass is 31.2. The van der Waals surface area contributed by atoms with Crippen molar-refractivity contribution in [2.45, 2.75) is 146 Å². The number of benzene rings is 8. The van der Waals surface area contributed by atoms with Crippen LogP contribution >= 0.6 is 17.1 Å². The normalized spacial score (nSPS) is 17.2. The van der Waals surface area contributed by atoms with Crippen LogP contribution in [0.25, 0.3) is 33.4 Å². The molecule has 6 N–H and O–H groups in total. The van der Waals surface area contributed by atoms with Crippen molar-refractivity contribution in [3.8, 4) is 39.8 Å². The van der Waals surface area contributed by atoms with Gasteiger partial charge in [-0.15, -0.1) is 0 Å². The van der Waals surface area contributed by atoms with Gasteiger partial charge in [0.25, 0.3) is 20.0 Å². The number of methoxy groups -OCH3 is 2. The molecule has 2 aliphatic heterocycles. The van der Waals surface area contributed by atoms with Gasteiger partial charge < -0.3 is 82.0 Å². The van der Waals surface area contributed by atoms with E-state index in [4.69, 9.17) is 66.2 Å². The molecule has 15 rings (SSSR count). The third-order valence-corrected chi connectivity index (χ3v) is 26.9. The van der Waals surface area contributed by atoms with Crippen molar-refractivity contribution in [1.29, 1.82) is 10.7 Å². The van der Waals surface area contributed by atoms with Crippen LogP contribution in [0.2, 0.25) is 0 Å². The van der Waals surface area contributed by atoms with E-state index in [0.29, 0.717) is 40.2 Å². The second-order valence-electron chi connectivity index (χ2n) is 32.8. The molecule has 5 amide bonds. The zero-order chi connectivity index (χ0) is 93.1. The SMILES string of the molecule is COc1ccc(C(OC[C@H]2O[C@@H](n3cnc4c(=O)[nH]c(NC(=O)CCNC(=O)c5ccc(CNC(=O)OCC6c7ccccc7-c7ccccc76)cc5)nc43)CC2OP(OCCC#N)OC[C@H]2O[C@@H](n3ccc(NC(=O)CCCN(C)C(=O)OCC4c5ccccc5-c5ccccc54)nc3=O)CC2OP(OCCC=N)N(C(C)C)C(C)C)(c2ccccc2)c2ccc(OC)cc2)cc1. The molecule has 11 aromatic rings. The van der Waals surface area contributed by atoms with E-state index < -0.39 is 101 Å². The zero-order valence-electron chi connectivity index (χ0n) is 74.7. The van der Waals surface area contributed by atoms with E-state index in [9.17, 15) is 38.8 Å². The minimum atomic E-state index is -2.53. The maximum atomic E-state index is 14.3. The van der Waals surface area contributed by atoms with Gasteiger partial charge in [0.15, 0.2) is 11.2 Å². The number of nitriles is 1. The molecule has 2 saturated heterocycles. The summed E-state index contributed by atoms with van der Waals surface area (Å²) in [6, 6.07) is 67.0. The smallest absolute Gasteiger partial charge is 0.409 e. The Kier molecular flexibility index (Phi) is 31.8. The van der Waals surface area contributed by atoms with Crippen LogP contribution in [0.4, 0.5) is 21.4 Å². The summed E-state index contributed by atoms with van der Waals surface area (Å²) < 4.78 is 83.1. The number of fused-ring (bicyclic) bond motifs is 7. The van der Waals surface area contributed by atoms with Crippen LogP contribution in [0.1, 0.15) is 152 Å². The topological polar surface area (TPSA) is 397 Å². The summed E-state index contributed by atoms with van der Waals surface area (Å²) >= 11 is 0. The highest BCUT2D eigenvalue weighted by Gasteiger charge is 2.47. The number of imidazole rings is 1. The zero-order valence-corrected chi connectivity index (χ0v) is 76.5. The summed E-state index contributed by atoms with van der Waals surface area (Å²) in [5.74, 6) is -0.773. The van der Waals surface area contributed by atoms with Crippen LogP contribution in [0.15, 0.2) is 228 Å². The van der Waals surface area contributed by atoms with E-state index in [1.165, 1.54) is 34.3 Å². The van der Waals surface area contributed by atoms with Crippen molar-refractivity contribution in [1.82, 2.24) is 49.3 Å². The number of ether oxygens (including phenoxy) is 7. The summed E-state index contributed by atoms with van der Waals surface area (Å²) in [4.78, 5) is 113. The van der Waals surface area contributed by atoms with Gasteiger partial charge in [-0.1, -0.05) is 164 Å². The number of carbonyl (C=O) groups excluding carboxylic acids is 5. The monoisotopic (exact) mass is 1840 g/mol. The Bertz CT molecular complexity index is 5920. The number of H-pyrrole nitrogens is 1. The van der Waals surface area contributed by atoms with Gasteiger partial charge in [-0.25, -0.2) is 24.0 Å². The van der Waals surface area contributed by atoms with Crippen molar-refractivity contribution in [2.75, 3.05) is 84.6 Å². The molecule has 3 aromatic heterocycles. The summed E-state index contributed by atoms with van der Waals surface area (Å²) in [5, 5.41) is 28.8. The van der Waals surface area contributed by atoms with E-state index in [1.807, 2.05) is 167 Å². The fourth-order valence-electron chi connectivity index (χ4n) is 17.0. The van der Waals surface area contributed by atoms with Crippen molar-refractivity contribution in [3.05, 3.63) is 290 Å². The predicted molar refractivity (Wildman–Crippen MR) is 499 cm³/mol. The van der Waals surface area contributed by atoms with Gasteiger partial charge in [0, 0.05) is 94.5 Å². The van der Waals surface area contributed by atoms with Crippen molar-refractivity contribution in [2.24, 2.45) is 0 Å². The number of hydrogen-bond acceptors (Lipinski definition) is 25. The molecular weight excluding hydrogens is 1740 g/mol. The molecular formula is C98H106N14O19P2. The standard InChI is InChI=1S/C98H106N14O19P2/c1-62(2)112(63(3)4)132(125-52-20-47-99)130-81-54-88(110-51-46-85(105-95(110)117)104-86(113)32-19-50-109(5)97(119)123-58-80-77-30-17-13-26-73(77)74-27-14-18-31-78(74)80)129-84(81)60-127-133(126-53-21-48-100)131-82-55-89(128-83(82)59-124-98(66-22-9-8-10-23-66,67-37-41-69(120-6)42-38-67)68-39-43-70(121-7)44-40-68)111-61-103-90-91(111)107-94(108-93(90)116)106-87(114)45-49-101-92(115)65-35-33-64(34-36-65)56-102-96(118)122-57-79-75-28-15-11-24-71(75)72-25-12-16-29-76(72)79/h8-18,22-31,33-44,46-47,51,61-63,79-84,88-89,99H,19-21,32,45,49-50,52-60H2,1-7H3,(H,101,115)(H,102,118)(H,104,105,113,117)(H2,106,107,108,114,116)/t81?,82?,83-,84-,88-,89-,132?,133?/m1/s1. The van der Waals surface area contributed by atoms with Gasteiger partial charge in [-0.2, -0.15) is 15.2 Å². The van der Waals surface area contributed by atoms with E-state index in [-0.39, 0.29) is 145 Å². The number of aromatic nitrogens is 6. The number of nitrogens with zero attached hydrogens (tertiary/aromatic N) is 8. The number of anilines is 2. The van der Waals surface area contributed by atoms with E-state index in [2.05, 4.69) is 83.4 Å². The number of rotatable bonds is 43. The average molecular weight is 1850 g/mol. The molecule has 0 saturated carbocycles. The number of nitrogens with one attached hydrogen (secondary N) is 6. The molecule has 8 aromatic carbocycles. The first kappa shape index (κ1) is 94.8. The summed E-state index contributed by atoms with van der Waals surface area (Å²) in [7, 11) is 0.354. The van der Waals surface area contributed by atoms with Crippen LogP contribution in [0.5, 0.6) is 11.5 Å². The van der Waals surface area contributed by atoms with Gasteiger partial charge in [0.2, 0.25) is 17.8 Å². The summed E-state index contributed by atoms with van der Waals surface area (Å²) in [5.41, 5.74) is 9.09. The number of hydrogen-bond donors (Lipinski definition) is 6. The van der Waals surface area contributed by atoms with Crippen molar-refractivity contribution in [3.63, 3.8) is 0 Å². The van der Waals surface area contributed by atoms with E-state index in [1.54, 1.807) is 50.1 Å². The molecule has 2 fully saturated rings. The van der Waals surface area contributed by atoms with Crippen LogP contribution in [0.3, 0.4) is 0 Å². The minimum Gasteiger partial charge on any atom is -0.497 e. The number of alkyl carbamates (subject to hydrolysis) is 1. The molecule has 0 spiro atoms. The quantitative estimate of drug-likeness (QED) is 0.00894. The Hall–Kier alpha value is -12.8. The van der Waals surface area contributed by atoms with Gasteiger partial charge in [0.05, 0.1) is 71.7 Å². The molecule has 35 heteroatoms. The summed E-state index contributed by atoms with van der Waals surface area (Å²) in [6.07, 6.45) is -2.71. The Morgan fingerprint density at radius 1 is 0.624 bits per heavy atom. The van der Waals surface area contributed by atoms with Gasteiger partial charge in [-0.3, -0.25) is 38.6 Å². The Morgan fingerprint density at radius 3 is 1.76 bits per heavy atom. The molecule has 0 bridgehead atoms. The first-order valence-electron chi connectivity index (χ1n) is 44.1. The lowest BCUT2D eigenvalue weighted by molar-refractivity contribution is -0.117. The fraction of sp³-hybridized carbons (Fsp3) is 0.347. The lowest BCUT2D eigenvalue weighted by atomic mass is 9.80. The number of amides is 5. The van der Waals surface area contributed by atoms with E-state index in [0.717, 1.165) is 50.1 Å². The minimum absolute atomic E-state index is 0.0110. The largest absolute Gasteiger partial charge is 0.497 e. The average Bonchev–Trinajstić information content (AvgIpc) is 1.76. The number of carbonyl (C=O) groups is 5. The summed E-state index contributed by atoms with van der Waals surface area (Å²) in [6.45, 7) is 8.09. The highest BCUT2D eigenvalue weighted by molar-refractivity contribution is 7.44. The van der Waals surface area contributed by atoms with Gasteiger partial charge >= 0.3 is 26.5 Å². The first-order valence-corrected chi connectivity index (χ1v) is 46.4. The molecule has 8 atom stereocenters. The first-order chi connectivity index (χ1) is 64.7. The molecule has 2 aliphatic carbocycles. The molecule has 5 heterocycles. The Labute approximate surface area is 771 Å². The van der Waals surface area contributed by atoms with Gasteiger partial charge in [-0.05, 0) is 150 Å². The van der Waals surface area contributed by atoms with Crippen LogP contribution in [-0.2, 0) is 68.0 Å². The Balaban J connectivity index is 0.642. The van der Waals surface area contributed by atoms with Crippen molar-refractivity contribution >= 4 is 76.2 Å². The molecule has 692 valence electrons. The Morgan fingerprint density at radius 2 is 1.18 bits per heavy atom. The van der Waals surface area contributed by atoms with Crippen LogP contribution in [-0.4, -0.2) is 185 Å². The third-order valence-electron chi connectivity index (χ3n) is 23.5. The maximum Gasteiger partial charge on any atom is 0.409 e. The molecule has 0 radical (unpaired) electrons. The number of aromatic amines is 1. The second-order valence-corrected chi connectivity index (χ2v) is 35.4. The molecule has 33 nitrogen and oxygen atoms in total. The van der Waals surface area contributed by atoms with E-state index >= 15 is 0 Å². The highest BCUT2D eigenvalue weighted by Crippen LogP contribution is 2.54. The maximum absolute atomic E-state index is 14.3. The second kappa shape index (κ2) is 44.6. The molecule has 4 aliphatic rings. The van der Waals surface area contributed by atoms with Crippen molar-refractivity contribution < 1.29 is 79.7 Å². The van der Waals surface area contributed by atoms with Gasteiger partial charge in [0.1, 0.15) is 60.8 Å². The molecule has 133 heavy (non-hydrogen) atoms.